The lowest BCUT2D eigenvalue weighted by Gasteiger charge is -2.37. The normalized spacial score (nSPS) is 20.0. The molecular weight excluding hydrogens is 464 g/mol. The van der Waals surface area contributed by atoms with Gasteiger partial charge in [-0.25, -0.2) is 4.68 Å². The first kappa shape index (κ1) is 19.6. The van der Waals surface area contributed by atoms with Crippen LogP contribution in [0.15, 0.2) is 68.0 Å². The molecule has 0 fully saturated rings. The molecule has 0 spiro atoms. The van der Waals surface area contributed by atoms with E-state index in [4.69, 9.17) is 14.5 Å². The van der Waals surface area contributed by atoms with E-state index in [0.717, 1.165) is 23.4 Å². The van der Waals surface area contributed by atoms with E-state index in [1.165, 1.54) is 5.56 Å². The quantitative estimate of drug-likeness (QED) is 0.486. The molecule has 154 valence electrons. The van der Waals surface area contributed by atoms with E-state index in [1.807, 2.05) is 30.3 Å². The van der Waals surface area contributed by atoms with Crippen LogP contribution in [0.1, 0.15) is 44.1 Å². The van der Waals surface area contributed by atoms with Gasteiger partial charge in [0.15, 0.2) is 10.5 Å². The number of thioether (sulfide) groups is 1. The summed E-state index contributed by atoms with van der Waals surface area (Å²) in [5, 5.41) is 8.80. The van der Waals surface area contributed by atoms with Crippen LogP contribution >= 0.6 is 27.7 Å². The second-order valence-corrected chi connectivity index (χ2v) is 10.2. The molecule has 2 aromatic heterocycles. The van der Waals surface area contributed by atoms with Crippen LogP contribution in [0.5, 0.6) is 0 Å². The number of ketones is 1. The van der Waals surface area contributed by atoms with Crippen LogP contribution in [0.4, 0.5) is 5.95 Å². The van der Waals surface area contributed by atoms with Crippen molar-refractivity contribution < 1.29 is 9.21 Å². The molecule has 1 aliphatic heterocycles. The molecule has 8 heteroatoms. The van der Waals surface area contributed by atoms with Gasteiger partial charge in [0.25, 0.3) is 0 Å². The lowest BCUT2D eigenvalue weighted by Crippen LogP contribution is -2.36. The Balaban J connectivity index is 1.53. The Morgan fingerprint density at radius 1 is 1.23 bits per heavy atom. The molecule has 3 aromatic rings. The number of carbonyl (C=O) groups is 1. The van der Waals surface area contributed by atoms with Crippen molar-refractivity contribution in [3.63, 3.8) is 0 Å². The highest BCUT2D eigenvalue weighted by Gasteiger charge is 2.43. The molecule has 0 bridgehead atoms. The smallest absolute Gasteiger partial charge is 0.227 e. The van der Waals surface area contributed by atoms with Gasteiger partial charge in [0.2, 0.25) is 11.1 Å². The highest BCUT2D eigenvalue weighted by Crippen LogP contribution is 2.46. The number of nitrogens with zero attached hydrogens (tertiary/aromatic N) is 3. The Labute approximate surface area is 187 Å². The van der Waals surface area contributed by atoms with E-state index in [0.29, 0.717) is 28.0 Å². The SMILES string of the molecule is CC1(C)CC(=O)C2=C(C1)Nc1nc(SCc3ccccc3)nn1C2c1ccc(Br)o1. The van der Waals surface area contributed by atoms with Gasteiger partial charge in [-0.15, -0.1) is 5.10 Å². The van der Waals surface area contributed by atoms with Crippen molar-refractivity contribution >= 4 is 39.4 Å². The van der Waals surface area contributed by atoms with Gasteiger partial charge in [0, 0.05) is 23.4 Å². The number of anilines is 1. The van der Waals surface area contributed by atoms with E-state index in [2.05, 4.69) is 47.2 Å². The van der Waals surface area contributed by atoms with Gasteiger partial charge < -0.3 is 9.73 Å². The molecule has 30 heavy (non-hydrogen) atoms. The maximum absolute atomic E-state index is 13.1. The minimum atomic E-state index is -0.412. The van der Waals surface area contributed by atoms with E-state index in [-0.39, 0.29) is 11.2 Å². The Kier molecular flexibility index (Phi) is 4.86. The lowest BCUT2D eigenvalue weighted by atomic mass is 9.73. The molecule has 1 unspecified atom stereocenters. The fraction of sp³-hybridized carbons (Fsp3) is 0.318. The van der Waals surface area contributed by atoms with Crippen LogP contribution in [-0.4, -0.2) is 20.5 Å². The van der Waals surface area contributed by atoms with Gasteiger partial charge in [-0.1, -0.05) is 55.9 Å². The van der Waals surface area contributed by atoms with Crippen molar-refractivity contribution in [2.45, 2.75) is 43.6 Å². The summed E-state index contributed by atoms with van der Waals surface area (Å²) in [4.78, 5) is 17.9. The van der Waals surface area contributed by atoms with E-state index < -0.39 is 6.04 Å². The topological polar surface area (TPSA) is 73.0 Å². The number of hydrogen-bond donors (Lipinski definition) is 1. The molecule has 0 saturated carbocycles. The Morgan fingerprint density at radius 2 is 2.03 bits per heavy atom. The van der Waals surface area contributed by atoms with Gasteiger partial charge in [-0.3, -0.25) is 4.79 Å². The number of allylic oxidation sites excluding steroid dienone is 2. The number of carbonyl (C=O) groups excluding carboxylic acids is 1. The molecule has 5 rings (SSSR count). The van der Waals surface area contributed by atoms with E-state index >= 15 is 0 Å². The molecule has 1 aromatic carbocycles. The van der Waals surface area contributed by atoms with Crippen LogP contribution in [-0.2, 0) is 10.5 Å². The summed E-state index contributed by atoms with van der Waals surface area (Å²) in [6.45, 7) is 4.24. The van der Waals surface area contributed by atoms with Crippen molar-refractivity contribution in [1.82, 2.24) is 14.8 Å². The number of hydrogen-bond acceptors (Lipinski definition) is 6. The minimum absolute atomic E-state index is 0.0930. The molecule has 1 atom stereocenters. The first-order chi connectivity index (χ1) is 14.4. The number of halogens is 1. The number of aromatic nitrogens is 3. The fourth-order valence-corrected chi connectivity index (χ4v) is 5.21. The van der Waals surface area contributed by atoms with Crippen molar-refractivity contribution in [3.8, 4) is 0 Å². The molecule has 3 heterocycles. The molecule has 1 N–H and O–H groups in total. The predicted octanol–water partition coefficient (Wildman–Crippen LogP) is 5.58. The first-order valence-electron chi connectivity index (χ1n) is 9.81. The molecule has 0 radical (unpaired) electrons. The van der Waals surface area contributed by atoms with Crippen LogP contribution in [0.3, 0.4) is 0 Å². The van der Waals surface area contributed by atoms with Crippen LogP contribution in [0.2, 0.25) is 0 Å². The zero-order chi connectivity index (χ0) is 20.9. The number of fused-ring (bicyclic) bond motifs is 1. The third-order valence-electron chi connectivity index (χ3n) is 5.39. The van der Waals surface area contributed by atoms with Gasteiger partial charge in [0.1, 0.15) is 11.8 Å². The van der Waals surface area contributed by atoms with Gasteiger partial charge in [-0.2, -0.15) is 4.98 Å². The third kappa shape index (κ3) is 3.63. The van der Waals surface area contributed by atoms with Gasteiger partial charge in [0.05, 0.1) is 0 Å². The number of Topliss-reactive ketones (excluding diaryl/α,β-unsaturated/α-hetero) is 1. The maximum atomic E-state index is 13.1. The number of benzene rings is 1. The summed E-state index contributed by atoms with van der Waals surface area (Å²) in [6, 6.07) is 13.6. The number of rotatable bonds is 4. The van der Waals surface area contributed by atoms with Crippen molar-refractivity contribution in [2.24, 2.45) is 5.41 Å². The molecule has 0 saturated heterocycles. The predicted molar refractivity (Wildman–Crippen MR) is 119 cm³/mol. The average molecular weight is 485 g/mol. The van der Waals surface area contributed by atoms with Crippen molar-refractivity contribution in [2.75, 3.05) is 5.32 Å². The summed E-state index contributed by atoms with van der Waals surface area (Å²) in [7, 11) is 0. The standard InChI is InChI=1S/C22H21BrN4O2S/c1-22(2)10-14-18(15(28)11-22)19(16-8-9-17(23)29-16)27-20(24-14)25-21(26-27)30-12-13-6-4-3-5-7-13/h3-9,19H,10-12H2,1-2H3,(H,24,25,26). The molecule has 1 aliphatic carbocycles. The highest BCUT2D eigenvalue weighted by atomic mass is 79.9. The summed E-state index contributed by atoms with van der Waals surface area (Å²) >= 11 is 4.96. The average Bonchev–Trinajstić information content (AvgIpc) is 3.30. The maximum Gasteiger partial charge on any atom is 0.227 e. The number of nitrogens with one attached hydrogen (secondary N) is 1. The third-order valence-corrected chi connectivity index (χ3v) is 6.72. The zero-order valence-corrected chi connectivity index (χ0v) is 19.1. The molecular formula is C22H21BrN4O2S. The fourth-order valence-electron chi connectivity index (χ4n) is 4.11. The van der Waals surface area contributed by atoms with Crippen LogP contribution in [0.25, 0.3) is 0 Å². The van der Waals surface area contributed by atoms with Crippen LogP contribution < -0.4 is 5.32 Å². The monoisotopic (exact) mass is 484 g/mol. The first-order valence-corrected chi connectivity index (χ1v) is 11.6. The largest absolute Gasteiger partial charge is 0.452 e. The molecule has 2 aliphatic rings. The number of furan rings is 1. The highest BCUT2D eigenvalue weighted by molar-refractivity contribution is 9.10. The minimum Gasteiger partial charge on any atom is -0.452 e. The van der Waals surface area contributed by atoms with Gasteiger partial charge in [-0.05, 0) is 45.5 Å². The summed E-state index contributed by atoms with van der Waals surface area (Å²) in [5.41, 5.74) is 2.77. The van der Waals surface area contributed by atoms with Gasteiger partial charge >= 0.3 is 0 Å². The zero-order valence-electron chi connectivity index (χ0n) is 16.7. The second kappa shape index (κ2) is 7.42. The summed E-state index contributed by atoms with van der Waals surface area (Å²) in [6.07, 6.45) is 1.29. The Morgan fingerprint density at radius 3 is 2.77 bits per heavy atom. The summed E-state index contributed by atoms with van der Waals surface area (Å²) in [5.74, 6) is 2.23. The lowest BCUT2D eigenvalue weighted by molar-refractivity contribution is -0.118. The molecule has 0 amide bonds. The van der Waals surface area contributed by atoms with E-state index in [9.17, 15) is 4.79 Å². The van der Waals surface area contributed by atoms with Crippen molar-refractivity contribution in [1.29, 1.82) is 0 Å². The summed E-state index contributed by atoms with van der Waals surface area (Å²) < 4.78 is 8.29. The second-order valence-electron chi connectivity index (χ2n) is 8.44. The van der Waals surface area contributed by atoms with Crippen LogP contribution in [0, 0.1) is 5.41 Å². The Bertz CT molecular complexity index is 1150. The Hall–Kier alpha value is -2.32. The molecule has 6 nitrogen and oxygen atoms in total. The van der Waals surface area contributed by atoms with Crippen molar-refractivity contribution in [3.05, 3.63) is 69.7 Å². The van der Waals surface area contributed by atoms with E-state index in [1.54, 1.807) is 16.4 Å².